The van der Waals surface area contributed by atoms with Crippen LogP contribution in [-0.2, 0) is 11.3 Å². The van der Waals surface area contributed by atoms with Gasteiger partial charge < -0.3 is 20.4 Å². The Kier molecular flexibility index (Phi) is 4.96. The van der Waals surface area contributed by atoms with E-state index in [4.69, 9.17) is 4.74 Å². The van der Waals surface area contributed by atoms with Crippen molar-refractivity contribution in [2.24, 2.45) is 0 Å². The van der Waals surface area contributed by atoms with Crippen LogP contribution in [0.2, 0.25) is 0 Å². The number of rotatable bonds is 5. The van der Waals surface area contributed by atoms with Crippen molar-refractivity contribution < 1.29 is 9.53 Å². The number of carbonyl (C=O) groups is 1. The third-order valence-corrected chi connectivity index (χ3v) is 1.84. The zero-order valence-electron chi connectivity index (χ0n) is 10.5. The van der Waals surface area contributed by atoms with Crippen LogP contribution in [0.15, 0.2) is 12.5 Å². The van der Waals surface area contributed by atoms with Gasteiger partial charge in [0, 0.05) is 31.5 Å². The number of carbonyl (C=O) groups excluding carboxylic acids is 1. The zero-order chi connectivity index (χ0) is 12.7. The average molecular weight is 240 g/mol. The molecule has 0 spiro atoms. The smallest absolute Gasteiger partial charge is 0.407 e. The zero-order valence-corrected chi connectivity index (χ0v) is 10.5. The molecule has 0 fully saturated rings. The van der Waals surface area contributed by atoms with Crippen molar-refractivity contribution in [2.45, 2.75) is 32.9 Å². The summed E-state index contributed by atoms with van der Waals surface area (Å²) in [6, 6.07) is 0. The van der Waals surface area contributed by atoms with Crippen molar-refractivity contribution in [1.29, 1.82) is 0 Å². The third-order valence-electron chi connectivity index (χ3n) is 1.84. The van der Waals surface area contributed by atoms with Crippen LogP contribution in [0.3, 0.4) is 0 Å². The molecule has 1 amide bonds. The highest BCUT2D eigenvalue weighted by Gasteiger charge is 2.15. The van der Waals surface area contributed by atoms with Gasteiger partial charge in [0.15, 0.2) is 0 Å². The summed E-state index contributed by atoms with van der Waals surface area (Å²) in [4.78, 5) is 18.2. The highest BCUT2D eigenvalue weighted by molar-refractivity contribution is 5.67. The molecule has 0 atom stereocenters. The number of ether oxygens (including phenoxy) is 1. The molecule has 0 aliphatic carbocycles. The minimum atomic E-state index is -0.451. The van der Waals surface area contributed by atoms with Gasteiger partial charge in [-0.3, -0.25) is 0 Å². The van der Waals surface area contributed by atoms with Crippen LogP contribution >= 0.6 is 0 Å². The monoisotopic (exact) mass is 240 g/mol. The van der Waals surface area contributed by atoms with Gasteiger partial charge in [0.25, 0.3) is 0 Å². The van der Waals surface area contributed by atoms with Gasteiger partial charge in [0.2, 0.25) is 0 Å². The number of H-pyrrole nitrogens is 1. The van der Waals surface area contributed by atoms with Crippen LogP contribution in [0.25, 0.3) is 0 Å². The van der Waals surface area contributed by atoms with E-state index in [1.807, 2.05) is 20.8 Å². The summed E-state index contributed by atoms with van der Waals surface area (Å²) in [7, 11) is 0. The molecular weight excluding hydrogens is 220 g/mol. The summed E-state index contributed by atoms with van der Waals surface area (Å²) in [6.45, 7) is 7.42. The van der Waals surface area contributed by atoms with Crippen molar-refractivity contribution >= 4 is 6.09 Å². The second-order valence-electron chi connectivity index (χ2n) is 4.68. The Bertz CT molecular complexity index is 330. The highest BCUT2D eigenvalue weighted by Crippen LogP contribution is 2.05. The molecule has 0 aliphatic rings. The molecule has 1 rings (SSSR count). The SMILES string of the molecule is CC(C)(C)OC(=O)NCCNCc1cnc[nH]1. The fourth-order valence-electron chi connectivity index (χ4n) is 1.17. The first-order valence-electron chi connectivity index (χ1n) is 5.62. The molecule has 0 aliphatic heterocycles. The Morgan fingerprint density at radius 1 is 1.47 bits per heavy atom. The van der Waals surface area contributed by atoms with E-state index in [9.17, 15) is 4.79 Å². The van der Waals surface area contributed by atoms with E-state index < -0.39 is 5.60 Å². The van der Waals surface area contributed by atoms with E-state index in [0.29, 0.717) is 19.6 Å². The first-order valence-corrected chi connectivity index (χ1v) is 5.62. The van der Waals surface area contributed by atoms with E-state index in [1.165, 1.54) is 0 Å². The quantitative estimate of drug-likeness (QED) is 0.671. The highest BCUT2D eigenvalue weighted by atomic mass is 16.6. The predicted molar refractivity (Wildman–Crippen MR) is 64.5 cm³/mol. The average Bonchev–Trinajstić information content (AvgIpc) is 2.67. The molecule has 0 unspecified atom stereocenters. The summed E-state index contributed by atoms with van der Waals surface area (Å²) in [5, 5.41) is 5.83. The fourth-order valence-corrected chi connectivity index (χ4v) is 1.17. The van der Waals surface area contributed by atoms with Crippen LogP contribution in [0.1, 0.15) is 26.5 Å². The van der Waals surface area contributed by atoms with Crippen molar-refractivity contribution in [2.75, 3.05) is 13.1 Å². The van der Waals surface area contributed by atoms with Gasteiger partial charge >= 0.3 is 6.09 Å². The summed E-state index contributed by atoms with van der Waals surface area (Å²) in [5.41, 5.74) is 0.565. The van der Waals surface area contributed by atoms with Gasteiger partial charge in [0.05, 0.1) is 6.33 Å². The molecule has 17 heavy (non-hydrogen) atoms. The topological polar surface area (TPSA) is 79.0 Å². The van der Waals surface area contributed by atoms with Gasteiger partial charge in [-0.2, -0.15) is 0 Å². The maximum atomic E-state index is 11.3. The van der Waals surface area contributed by atoms with Crippen molar-refractivity contribution in [3.63, 3.8) is 0 Å². The van der Waals surface area contributed by atoms with Gasteiger partial charge in [-0.15, -0.1) is 0 Å². The molecular formula is C11H20N4O2. The Hall–Kier alpha value is -1.56. The maximum Gasteiger partial charge on any atom is 0.407 e. The fraction of sp³-hybridized carbons (Fsp3) is 0.636. The molecule has 1 aromatic heterocycles. The van der Waals surface area contributed by atoms with Crippen molar-refractivity contribution in [3.8, 4) is 0 Å². The summed E-state index contributed by atoms with van der Waals surface area (Å²) in [6.07, 6.45) is 3.00. The number of aromatic amines is 1. The van der Waals surface area contributed by atoms with Crippen LogP contribution < -0.4 is 10.6 Å². The first-order chi connectivity index (χ1) is 7.97. The van der Waals surface area contributed by atoms with Gasteiger partial charge in [-0.05, 0) is 20.8 Å². The van der Waals surface area contributed by atoms with Crippen molar-refractivity contribution in [1.82, 2.24) is 20.6 Å². The summed E-state index contributed by atoms with van der Waals surface area (Å²) >= 11 is 0. The maximum absolute atomic E-state index is 11.3. The van der Waals surface area contributed by atoms with Crippen LogP contribution in [-0.4, -0.2) is 34.8 Å². The molecule has 3 N–H and O–H groups in total. The Morgan fingerprint density at radius 3 is 2.82 bits per heavy atom. The number of amides is 1. The number of imidazole rings is 1. The lowest BCUT2D eigenvalue weighted by Crippen LogP contribution is -2.36. The minimum Gasteiger partial charge on any atom is -0.444 e. The second-order valence-corrected chi connectivity index (χ2v) is 4.68. The molecule has 1 aromatic rings. The first kappa shape index (κ1) is 13.5. The molecule has 96 valence electrons. The minimum absolute atomic E-state index is 0.388. The lowest BCUT2D eigenvalue weighted by molar-refractivity contribution is 0.0528. The van der Waals surface area contributed by atoms with E-state index in [0.717, 1.165) is 5.69 Å². The molecule has 0 radical (unpaired) electrons. The van der Waals surface area contributed by atoms with Crippen molar-refractivity contribution in [3.05, 3.63) is 18.2 Å². The Morgan fingerprint density at radius 2 is 2.24 bits per heavy atom. The molecule has 0 saturated heterocycles. The lowest BCUT2D eigenvalue weighted by Gasteiger charge is -2.19. The Labute approximate surface area is 101 Å². The van der Waals surface area contributed by atoms with E-state index in [2.05, 4.69) is 20.6 Å². The Balaban J connectivity index is 2.02. The molecule has 6 heteroatoms. The lowest BCUT2D eigenvalue weighted by atomic mass is 10.2. The second kappa shape index (κ2) is 6.24. The number of nitrogens with zero attached hydrogens (tertiary/aromatic N) is 1. The largest absolute Gasteiger partial charge is 0.444 e. The molecule has 0 bridgehead atoms. The summed E-state index contributed by atoms with van der Waals surface area (Å²) < 4.78 is 5.10. The van der Waals surface area contributed by atoms with Gasteiger partial charge in [0.1, 0.15) is 5.60 Å². The third kappa shape index (κ3) is 6.57. The van der Waals surface area contributed by atoms with E-state index in [1.54, 1.807) is 12.5 Å². The van der Waals surface area contributed by atoms with E-state index >= 15 is 0 Å². The number of nitrogens with one attached hydrogen (secondary N) is 3. The number of aromatic nitrogens is 2. The van der Waals surface area contributed by atoms with Gasteiger partial charge in [-0.1, -0.05) is 0 Å². The van der Waals surface area contributed by atoms with Gasteiger partial charge in [-0.25, -0.2) is 9.78 Å². The number of hydrogen-bond acceptors (Lipinski definition) is 4. The number of alkyl carbamates (subject to hydrolysis) is 1. The van der Waals surface area contributed by atoms with Crippen LogP contribution in [0, 0.1) is 0 Å². The molecule has 0 saturated carbocycles. The summed E-state index contributed by atoms with van der Waals surface area (Å²) in [5.74, 6) is 0. The molecule has 1 heterocycles. The standard InChI is InChI=1S/C11H20N4O2/c1-11(2,3)17-10(16)14-5-4-12-6-9-7-13-8-15-9/h7-8,12H,4-6H2,1-3H3,(H,13,15)(H,14,16). The number of hydrogen-bond donors (Lipinski definition) is 3. The molecule has 6 nitrogen and oxygen atoms in total. The van der Waals surface area contributed by atoms with Crippen LogP contribution in [0.5, 0.6) is 0 Å². The normalized spacial score (nSPS) is 11.2. The predicted octanol–water partition coefficient (Wildman–Crippen LogP) is 1.02. The van der Waals surface area contributed by atoms with Crippen LogP contribution in [0.4, 0.5) is 4.79 Å². The molecule has 0 aromatic carbocycles. The van der Waals surface area contributed by atoms with E-state index in [-0.39, 0.29) is 6.09 Å².